The highest BCUT2D eigenvalue weighted by atomic mass is 35.5. The van der Waals surface area contributed by atoms with E-state index in [1.165, 1.54) is 4.68 Å². The summed E-state index contributed by atoms with van der Waals surface area (Å²) in [6, 6.07) is 8.77. The van der Waals surface area contributed by atoms with Gasteiger partial charge in [-0.1, -0.05) is 23.7 Å². The molecule has 1 heterocycles. The average molecular weight is 266 g/mol. The molecule has 0 saturated carbocycles. The van der Waals surface area contributed by atoms with Gasteiger partial charge in [0.15, 0.2) is 0 Å². The molecule has 0 spiro atoms. The lowest BCUT2D eigenvalue weighted by atomic mass is 10.2. The van der Waals surface area contributed by atoms with Gasteiger partial charge in [0, 0.05) is 11.2 Å². The topological polar surface area (TPSA) is 70.1 Å². The van der Waals surface area contributed by atoms with Gasteiger partial charge in [-0.05, 0) is 23.8 Å². The van der Waals surface area contributed by atoms with E-state index < -0.39 is 0 Å². The molecule has 5 nitrogen and oxygen atoms in total. The molecule has 0 saturated heterocycles. The highest BCUT2D eigenvalue weighted by Gasteiger charge is 2.06. The quantitative estimate of drug-likeness (QED) is 0.857. The molecule has 94 valence electrons. The first-order chi connectivity index (χ1) is 8.63. The zero-order valence-corrected chi connectivity index (χ0v) is 10.3. The predicted molar refractivity (Wildman–Crippen MR) is 67.9 cm³/mol. The average Bonchev–Trinajstić information content (AvgIpc) is 2.72. The van der Waals surface area contributed by atoms with E-state index in [-0.39, 0.29) is 19.1 Å². The Morgan fingerprint density at radius 2 is 2.28 bits per heavy atom. The molecule has 6 heteroatoms. The van der Waals surface area contributed by atoms with E-state index in [4.69, 9.17) is 22.1 Å². The van der Waals surface area contributed by atoms with Crippen molar-refractivity contribution in [3.8, 4) is 0 Å². The van der Waals surface area contributed by atoms with Crippen LogP contribution >= 0.6 is 11.6 Å². The number of ether oxygens (including phenoxy) is 1. The lowest BCUT2D eigenvalue weighted by Crippen LogP contribution is -2.14. The first-order valence-corrected chi connectivity index (χ1v) is 5.70. The third kappa shape index (κ3) is 3.49. The fourth-order valence-electron chi connectivity index (χ4n) is 1.43. The summed E-state index contributed by atoms with van der Waals surface area (Å²) in [4.78, 5) is 11.5. The van der Waals surface area contributed by atoms with Crippen LogP contribution in [-0.4, -0.2) is 15.7 Å². The van der Waals surface area contributed by atoms with Crippen LogP contribution in [0.15, 0.2) is 36.5 Å². The SMILES string of the molecule is Nc1ccn(CC(=O)OCc2cccc(Cl)c2)n1. The van der Waals surface area contributed by atoms with Crippen molar-refractivity contribution in [2.75, 3.05) is 5.73 Å². The highest BCUT2D eigenvalue weighted by molar-refractivity contribution is 6.30. The molecule has 0 atom stereocenters. The van der Waals surface area contributed by atoms with Crippen LogP contribution in [0, 0.1) is 0 Å². The molecule has 2 N–H and O–H groups in total. The lowest BCUT2D eigenvalue weighted by molar-refractivity contribution is -0.145. The van der Waals surface area contributed by atoms with Crippen molar-refractivity contribution in [1.82, 2.24) is 9.78 Å². The van der Waals surface area contributed by atoms with Gasteiger partial charge in [-0.25, -0.2) is 0 Å². The molecule has 1 aromatic carbocycles. The van der Waals surface area contributed by atoms with Gasteiger partial charge in [0.25, 0.3) is 0 Å². The van der Waals surface area contributed by atoms with E-state index >= 15 is 0 Å². The van der Waals surface area contributed by atoms with E-state index in [0.29, 0.717) is 10.8 Å². The van der Waals surface area contributed by atoms with Gasteiger partial charge >= 0.3 is 5.97 Å². The third-order valence-electron chi connectivity index (χ3n) is 2.24. The van der Waals surface area contributed by atoms with Gasteiger partial charge in [-0.15, -0.1) is 0 Å². The summed E-state index contributed by atoms with van der Waals surface area (Å²) < 4.78 is 6.52. The number of benzene rings is 1. The molecule has 0 bridgehead atoms. The van der Waals surface area contributed by atoms with E-state index in [9.17, 15) is 4.79 Å². The number of anilines is 1. The Labute approximate surface area is 109 Å². The first kappa shape index (κ1) is 12.4. The van der Waals surface area contributed by atoms with Crippen molar-refractivity contribution in [2.24, 2.45) is 0 Å². The Hall–Kier alpha value is -2.01. The number of halogens is 1. The molecular formula is C12H12ClN3O2. The normalized spacial score (nSPS) is 10.3. The second-order valence-corrected chi connectivity index (χ2v) is 4.17. The monoisotopic (exact) mass is 265 g/mol. The number of carbonyl (C=O) groups is 1. The van der Waals surface area contributed by atoms with Gasteiger partial charge in [0.05, 0.1) is 0 Å². The Morgan fingerprint density at radius 1 is 1.44 bits per heavy atom. The van der Waals surface area contributed by atoms with Crippen molar-refractivity contribution in [3.05, 3.63) is 47.1 Å². The predicted octanol–water partition coefficient (Wildman–Crippen LogP) is 1.86. The number of nitrogens with two attached hydrogens (primary N) is 1. The fraction of sp³-hybridized carbons (Fsp3) is 0.167. The van der Waals surface area contributed by atoms with Crippen LogP contribution in [0.4, 0.5) is 5.82 Å². The molecule has 0 aliphatic heterocycles. The van der Waals surface area contributed by atoms with Crippen LogP contribution in [0.5, 0.6) is 0 Å². The number of hydrogen-bond donors (Lipinski definition) is 1. The number of nitrogen functional groups attached to an aromatic ring is 1. The van der Waals surface area contributed by atoms with Gasteiger partial charge < -0.3 is 10.5 Å². The number of hydrogen-bond acceptors (Lipinski definition) is 4. The largest absolute Gasteiger partial charge is 0.459 e. The summed E-state index contributed by atoms with van der Waals surface area (Å²) in [6.07, 6.45) is 1.62. The minimum absolute atomic E-state index is 0.0395. The maximum atomic E-state index is 11.5. The minimum Gasteiger partial charge on any atom is -0.459 e. The molecule has 0 fully saturated rings. The molecule has 0 aliphatic rings. The maximum Gasteiger partial charge on any atom is 0.328 e. The van der Waals surface area contributed by atoms with Crippen molar-refractivity contribution in [3.63, 3.8) is 0 Å². The van der Waals surface area contributed by atoms with Gasteiger partial charge in [0.1, 0.15) is 19.0 Å². The third-order valence-corrected chi connectivity index (χ3v) is 2.48. The van der Waals surface area contributed by atoms with Gasteiger partial charge in [-0.3, -0.25) is 9.48 Å². The number of nitrogens with zero attached hydrogens (tertiary/aromatic N) is 2. The van der Waals surface area contributed by atoms with Crippen LogP contribution < -0.4 is 5.73 Å². The van der Waals surface area contributed by atoms with Crippen molar-refractivity contribution >= 4 is 23.4 Å². The van der Waals surface area contributed by atoms with Crippen LogP contribution in [0.25, 0.3) is 0 Å². The number of aromatic nitrogens is 2. The molecular weight excluding hydrogens is 254 g/mol. The van der Waals surface area contributed by atoms with E-state index in [0.717, 1.165) is 5.56 Å². The van der Waals surface area contributed by atoms with Gasteiger partial charge in [-0.2, -0.15) is 5.10 Å². The molecule has 0 amide bonds. The first-order valence-electron chi connectivity index (χ1n) is 5.32. The summed E-state index contributed by atoms with van der Waals surface area (Å²) in [5.41, 5.74) is 6.28. The zero-order chi connectivity index (χ0) is 13.0. The zero-order valence-electron chi connectivity index (χ0n) is 9.54. The summed E-state index contributed by atoms with van der Waals surface area (Å²) in [5, 5.41) is 4.51. The van der Waals surface area contributed by atoms with E-state index in [2.05, 4.69) is 5.10 Å². The van der Waals surface area contributed by atoms with Crippen molar-refractivity contribution in [2.45, 2.75) is 13.2 Å². The summed E-state index contributed by atoms with van der Waals surface area (Å²) >= 11 is 5.82. The Bertz CT molecular complexity index is 554. The van der Waals surface area contributed by atoms with Gasteiger partial charge in [0.2, 0.25) is 0 Å². The summed E-state index contributed by atoms with van der Waals surface area (Å²) in [7, 11) is 0. The van der Waals surface area contributed by atoms with E-state index in [1.54, 1.807) is 30.5 Å². The maximum absolute atomic E-state index is 11.5. The Balaban J connectivity index is 1.85. The summed E-state index contributed by atoms with van der Waals surface area (Å²) in [6.45, 7) is 0.230. The van der Waals surface area contributed by atoms with Crippen LogP contribution in [0.2, 0.25) is 5.02 Å². The van der Waals surface area contributed by atoms with E-state index in [1.807, 2.05) is 6.07 Å². The molecule has 0 radical (unpaired) electrons. The second kappa shape index (κ2) is 5.55. The number of carbonyl (C=O) groups excluding carboxylic acids is 1. The van der Waals surface area contributed by atoms with Crippen LogP contribution in [0.3, 0.4) is 0 Å². The highest BCUT2D eigenvalue weighted by Crippen LogP contribution is 2.11. The molecule has 0 unspecified atom stereocenters. The second-order valence-electron chi connectivity index (χ2n) is 3.73. The molecule has 0 aliphatic carbocycles. The molecule has 1 aromatic heterocycles. The standard InChI is InChI=1S/C12H12ClN3O2/c13-10-3-1-2-9(6-10)8-18-12(17)7-16-5-4-11(14)15-16/h1-6H,7-8H2,(H2,14,15). The smallest absolute Gasteiger partial charge is 0.328 e. The lowest BCUT2D eigenvalue weighted by Gasteiger charge is -2.05. The summed E-state index contributed by atoms with van der Waals surface area (Å²) in [5.74, 6) is -0.00397. The minimum atomic E-state index is -0.377. The van der Waals surface area contributed by atoms with Crippen molar-refractivity contribution in [1.29, 1.82) is 0 Å². The number of rotatable bonds is 4. The van der Waals surface area contributed by atoms with Crippen LogP contribution in [0.1, 0.15) is 5.56 Å². The molecule has 18 heavy (non-hydrogen) atoms. The van der Waals surface area contributed by atoms with Crippen molar-refractivity contribution < 1.29 is 9.53 Å². The fourth-order valence-corrected chi connectivity index (χ4v) is 1.65. The Morgan fingerprint density at radius 3 is 2.94 bits per heavy atom. The molecule has 2 rings (SSSR count). The van der Waals surface area contributed by atoms with Crippen LogP contribution in [-0.2, 0) is 22.7 Å². The number of esters is 1. The Kier molecular flexibility index (Phi) is 3.84. The molecule has 2 aromatic rings.